The van der Waals surface area contributed by atoms with E-state index in [2.05, 4.69) is 35.7 Å². The molecule has 1 aromatic heterocycles. The molecule has 0 radical (unpaired) electrons. The molecule has 0 amide bonds. The third kappa shape index (κ3) is 12.0. The van der Waals surface area contributed by atoms with Crippen molar-refractivity contribution >= 4 is 23.5 Å². The number of aromatic nitrogens is 2. The Kier molecular flexibility index (Phi) is 15.9. The number of likely N-dealkylation sites (N-methyl/N-ethyl adjacent to an activating group) is 1. The Labute approximate surface area is 236 Å². The number of rotatable bonds is 20. The first-order chi connectivity index (χ1) is 18.4. The van der Waals surface area contributed by atoms with E-state index in [4.69, 9.17) is 14.2 Å². The van der Waals surface area contributed by atoms with Gasteiger partial charge in [-0.3, -0.25) is 4.48 Å². The van der Waals surface area contributed by atoms with Crippen LogP contribution < -0.4 is 4.74 Å². The van der Waals surface area contributed by atoms with Crippen LogP contribution in [0.1, 0.15) is 130 Å². The molecule has 1 aliphatic rings. The summed E-state index contributed by atoms with van der Waals surface area (Å²) in [5.41, 5.74) is 1.98. The van der Waals surface area contributed by atoms with E-state index in [1.54, 1.807) is 0 Å². The van der Waals surface area contributed by atoms with Crippen molar-refractivity contribution in [2.45, 2.75) is 136 Å². The summed E-state index contributed by atoms with van der Waals surface area (Å²) < 4.78 is 27.1. The molecule has 1 aromatic rings. The third-order valence-electron chi connectivity index (χ3n) is 7.38. The Hall–Kier alpha value is -1.67. The van der Waals surface area contributed by atoms with Crippen LogP contribution in [-0.2, 0) is 9.47 Å². The Morgan fingerprint density at radius 2 is 1.55 bits per heavy atom. The van der Waals surface area contributed by atoms with Gasteiger partial charge >= 0.3 is 6.16 Å². The lowest BCUT2D eigenvalue weighted by molar-refractivity contribution is -0.947. The van der Waals surface area contributed by atoms with Crippen molar-refractivity contribution in [3.05, 3.63) is 11.8 Å². The Bertz CT molecular complexity index is 813. The van der Waals surface area contributed by atoms with Crippen LogP contribution in [0.25, 0.3) is 5.57 Å². The van der Waals surface area contributed by atoms with Crippen LogP contribution in [0.2, 0.25) is 0 Å². The highest BCUT2D eigenvalue weighted by atomic mass is 32.1. The molecule has 1 aliphatic heterocycles. The summed E-state index contributed by atoms with van der Waals surface area (Å²) in [6.07, 6.45) is 19.0. The monoisotopic (exact) mass is 552 g/mol. The van der Waals surface area contributed by atoms with E-state index in [9.17, 15) is 4.79 Å². The van der Waals surface area contributed by atoms with Gasteiger partial charge in [0.15, 0.2) is 0 Å². The molecule has 8 heteroatoms. The molecule has 0 aromatic carbocycles. The molecule has 38 heavy (non-hydrogen) atoms. The fourth-order valence-corrected chi connectivity index (χ4v) is 5.64. The second kappa shape index (κ2) is 18.6. The van der Waals surface area contributed by atoms with E-state index in [1.807, 2.05) is 13.8 Å². The number of hydrogen-bond donors (Lipinski definition) is 0. The first kappa shape index (κ1) is 32.5. The van der Waals surface area contributed by atoms with Crippen molar-refractivity contribution in [3.8, 4) is 5.88 Å². The zero-order chi connectivity index (χ0) is 27.6. The molecule has 0 saturated carbocycles. The molecule has 0 spiro atoms. The van der Waals surface area contributed by atoms with E-state index < -0.39 is 6.16 Å². The number of hydrogen-bond acceptors (Lipinski definition) is 7. The topological polar surface area (TPSA) is 70.5 Å². The number of ether oxygens (including phenoxy) is 3. The van der Waals surface area contributed by atoms with Gasteiger partial charge in [0.1, 0.15) is 12.2 Å². The molecule has 0 saturated heterocycles. The van der Waals surface area contributed by atoms with Crippen molar-refractivity contribution in [2.24, 2.45) is 0 Å². The number of carbonyl (C=O) groups excluding carboxylic acids is 1. The summed E-state index contributed by atoms with van der Waals surface area (Å²) in [6, 6.07) is 0. The van der Waals surface area contributed by atoms with Gasteiger partial charge in [-0.2, -0.15) is 4.37 Å². The minimum Gasteiger partial charge on any atom is -0.475 e. The van der Waals surface area contributed by atoms with Crippen LogP contribution in [0.15, 0.2) is 6.08 Å². The highest BCUT2D eigenvalue weighted by Gasteiger charge is 2.39. The fraction of sp³-hybridized carbons (Fsp3) is 0.833. The summed E-state index contributed by atoms with van der Waals surface area (Å²) in [5, 5.41) is 0. The number of carbonyl (C=O) groups is 1. The molecule has 0 bridgehead atoms. The predicted molar refractivity (Wildman–Crippen MR) is 156 cm³/mol. The van der Waals surface area contributed by atoms with Crippen LogP contribution in [0.5, 0.6) is 5.88 Å². The smallest absolute Gasteiger partial charge is 0.475 e. The second-order valence-corrected chi connectivity index (χ2v) is 11.8. The highest BCUT2D eigenvalue weighted by Crippen LogP contribution is 2.33. The molecule has 2 atom stereocenters. The van der Waals surface area contributed by atoms with Gasteiger partial charge in [0.25, 0.3) is 5.88 Å². The molecule has 0 fully saturated rings. The Balaban J connectivity index is 1.97. The van der Waals surface area contributed by atoms with E-state index in [1.165, 1.54) is 82.4 Å². The molecule has 2 unspecified atom stereocenters. The molecule has 0 N–H and O–H groups in total. The van der Waals surface area contributed by atoms with E-state index >= 15 is 0 Å². The molecular formula is C30H54N3O4S+. The van der Waals surface area contributed by atoms with Crippen molar-refractivity contribution in [1.29, 1.82) is 0 Å². The van der Waals surface area contributed by atoms with Crippen molar-refractivity contribution in [2.75, 3.05) is 26.7 Å². The van der Waals surface area contributed by atoms with Gasteiger partial charge in [0, 0.05) is 18.4 Å². The zero-order valence-corrected chi connectivity index (χ0v) is 25.7. The lowest BCUT2D eigenvalue weighted by Gasteiger charge is -2.42. The first-order valence-corrected chi connectivity index (χ1v) is 16.0. The highest BCUT2D eigenvalue weighted by molar-refractivity contribution is 6.99. The van der Waals surface area contributed by atoms with Gasteiger partial charge < -0.3 is 14.2 Å². The van der Waals surface area contributed by atoms with E-state index in [-0.39, 0.29) is 12.3 Å². The molecule has 7 nitrogen and oxygen atoms in total. The summed E-state index contributed by atoms with van der Waals surface area (Å²) >= 11 is 1.20. The number of quaternary nitrogens is 1. The first-order valence-electron chi connectivity index (χ1n) is 15.3. The van der Waals surface area contributed by atoms with Gasteiger partial charge in [-0.05, 0) is 26.7 Å². The summed E-state index contributed by atoms with van der Waals surface area (Å²) in [5.74, 6) is 0.641. The van der Waals surface area contributed by atoms with Crippen LogP contribution in [0, 0.1) is 0 Å². The van der Waals surface area contributed by atoms with Gasteiger partial charge in [-0.25, -0.2) is 4.79 Å². The van der Waals surface area contributed by atoms with Crippen LogP contribution in [-0.4, -0.2) is 58.5 Å². The van der Waals surface area contributed by atoms with Crippen LogP contribution >= 0.6 is 11.7 Å². The van der Waals surface area contributed by atoms with Gasteiger partial charge in [-0.15, -0.1) is 4.37 Å². The van der Waals surface area contributed by atoms with Crippen molar-refractivity contribution < 1.29 is 23.5 Å². The van der Waals surface area contributed by atoms with Crippen molar-refractivity contribution in [1.82, 2.24) is 8.75 Å². The van der Waals surface area contributed by atoms with Crippen LogP contribution in [0.4, 0.5) is 4.79 Å². The Morgan fingerprint density at radius 1 is 0.921 bits per heavy atom. The second-order valence-electron chi connectivity index (χ2n) is 11.3. The largest absolute Gasteiger partial charge is 0.513 e. The zero-order valence-electron chi connectivity index (χ0n) is 24.8. The maximum absolute atomic E-state index is 12.6. The predicted octanol–water partition coefficient (Wildman–Crippen LogP) is 8.54. The van der Waals surface area contributed by atoms with Crippen molar-refractivity contribution in [3.63, 3.8) is 0 Å². The Morgan fingerprint density at radius 3 is 2.21 bits per heavy atom. The fourth-order valence-electron chi connectivity index (χ4n) is 5.11. The normalized spacial score (nSPS) is 18.3. The molecule has 2 heterocycles. The molecule has 2 rings (SSSR count). The maximum Gasteiger partial charge on any atom is 0.513 e. The quantitative estimate of drug-likeness (QED) is 0.0917. The minimum atomic E-state index is -0.567. The number of unbranched alkanes of at least 4 members (excludes halogenated alkanes) is 11. The SMILES string of the molecule is CCCCCCCCCCCC(OC(=O)OC(C)C)[N+]1(C)CCC=C(c2nsnc2OCCCCCC)C1. The summed E-state index contributed by atoms with van der Waals surface area (Å²) in [7, 11) is 2.19. The minimum absolute atomic E-state index is 0.198. The molecule has 0 aliphatic carbocycles. The van der Waals surface area contributed by atoms with Gasteiger partial charge in [0.05, 0.1) is 38.0 Å². The standard InChI is InChI=1S/C30H54N3O4S/c1-6-8-10-12-13-14-15-16-17-21-27(37-30(34)36-25(3)4)33(5)22-19-20-26(24-33)28-29(32-38-31-28)35-23-18-11-9-7-2/h20,25,27H,6-19,21-24H2,1-5H3/q+1. The van der Waals surface area contributed by atoms with Gasteiger partial charge in [-0.1, -0.05) is 90.6 Å². The summed E-state index contributed by atoms with van der Waals surface area (Å²) in [4.78, 5) is 12.6. The maximum atomic E-state index is 12.6. The lowest BCUT2D eigenvalue weighted by atomic mass is 10.0. The molecule has 218 valence electrons. The average Bonchev–Trinajstić information content (AvgIpc) is 3.35. The van der Waals surface area contributed by atoms with Crippen LogP contribution in [0.3, 0.4) is 0 Å². The number of nitrogens with zero attached hydrogens (tertiary/aromatic N) is 3. The third-order valence-corrected chi connectivity index (χ3v) is 7.89. The lowest BCUT2D eigenvalue weighted by Crippen LogP contribution is -2.56. The summed E-state index contributed by atoms with van der Waals surface area (Å²) in [6.45, 7) is 10.5. The van der Waals surface area contributed by atoms with E-state index in [0.29, 0.717) is 17.0 Å². The van der Waals surface area contributed by atoms with Gasteiger partial charge in [0.2, 0.25) is 6.23 Å². The molecular weight excluding hydrogens is 498 g/mol. The van der Waals surface area contributed by atoms with E-state index in [0.717, 1.165) is 50.0 Å². The average molecular weight is 553 g/mol.